The number of anilines is 1. The van der Waals surface area contributed by atoms with Crippen molar-refractivity contribution in [3.63, 3.8) is 0 Å². The highest BCUT2D eigenvalue weighted by molar-refractivity contribution is 6.08. The van der Waals surface area contributed by atoms with E-state index in [-0.39, 0.29) is 12.0 Å². The second-order valence-corrected chi connectivity index (χ2v) is 19.0. The van der Waals surface area contributed by atoms with Gasteiger partial charge in [0.15, 0.2) is 11.6 Å². The van der Waals surface area contributed by atoms with Crippen LogP contribution >= 0.6 is 0 Å². The Balaban J connectivity index is 0.999. The molecule has 9 aromatic carbocycles. The molecule has 0 bridgehead atoms. The van der Waals surface area contributed by atoms with Crippen LogP contribution in [0.1, 0.15) is 28.7 Å². The number of benzene rings is 9. The Labute approximate surface area is 443 Å². The maximum atomic E-state index is 5.60. The van der Waals surface area contributed by atoms with Gasteiger partial charge in [-0.15, -0.1) is 0 Å². The molecule has 2 atom stereocenters. The number of rotatable bonds is 12. The van der Waals surface area contributed by atoms with Crippen molar-refractivity contribution in [1.82, 2.24) is 19.7 Å². The van der Waals surface area contributed by atoms with Crippen molar-refractivity contribution in [2.75, 3.05) is 5.01 Å². The predicted octanol–water partition coefficient (Wildman–Crippen LogP) is 17.1. The average Bonchev–Trinajstić information content (AvgIpc) is 4.12. The maximum absolute atomic E-state index is 5.60. The van der Waals surface area contributed by atoms with Gasteiger partial charge in [0.05, 0.1) is 34.8 Å². The standard InChI is InChI=1S/C70H50N6/c1-9-26-49(27-10-1)61-45-59(47-63(71-61)75-69(55-38-21-7-22-39-55)65(51-30-13-3-14-31-51)67(73-75)53-34-17-5-18-35-53)57-42-25-43-58(44-57)60-46-62(50-28-11-2-12-29-50)72-64(48-60)76-70(56-40-23-8-24-41-56)66(52-32-15-4-16-33-52)68(74-76)54-36-19-6-20-37-54/h1-48,65,69H. The minimum absolute atomic E-state index is 0.0793. The third-order valence-corrected chi connectivity index (χ3v) is 14.2. The lowest BCUT2D eigenvalue weighted by atomic mass is 9.82. The second-order valence-electron chi connectivity index (χ2n) is 19.0. The zero-order valence-corrected chi connectivity index (χ0v) is 41.6. The van der Waals surface area contributed by atoms with Crippen LogP contribution in [-0.2, 0) is 0 Å². The van der Waals surface area contributed by atoms with Gasteiger partial charge in [0.25, 0.3) is 0 Å². The van der Waals surface area contributed by atoms with Gasteiger partial charge < -0.3 is 0 Å². The summed E-state index contributed by atoms with van der Waals surface area (Å²) in [5.74, 6) is 1.39. The van der Waals surface area contributed by atoms with E-state index < -0.39 is 0 Å². The van der Waals surface area contributed by atoms with Crippen molar-refractivity contribution in [3.8, 4) is 84.2 Å². The molecule has 6 nitrogen and oxygen atoms in total. The van der Waals surface area contributed by atoms with E-state index in [4.69, 9.17) is 20.2 Å². The third kappa shape index (κ3) is 8.99. The van der Waals surface area contributed by atoms with Gasteiger partial charge in [0, 0.05) is 27.8 Å². The summed E-state index contributed by atoms with van der Waals surface area (Å²) in [6.45, 7) is 0. The van der Waals surface area contributed by atoms with E-state index in [9.17, 15) is 0 Å². The first-order valence-corrected chi connectivity index (χ1v) is 25.8. The first-order chi connectivity index (χ1) is 37.7. The summed E-state index contributed by atoms with van der Waals surface area (Å²) in [7, 11) is 0. The number of hydrogen-bond acceptors (Lipinski definition) is 5. The molecule has 4 heterocycles. The maximum Gasteiger partial charge on any atom is 0.155 e. The van der Waals surface area contributed by atoms with Crippen LogP contribution in [0.2, 0.25) is 0 Å². The first kappa shape index (κ1) is 45.8. The molecule has 76 heavy (non-hydrogen) atoms. The summed E-state index contributed by atoms with van der Waals surface area (Å²) >= 11 is 0. The average molecular weight is 975 g/mol. The molecule has 0 aliphatic carbocycles. The Morgan fingerprint density at radius 3 is 1.24 bits per heavy atom. The fraction of sp³-hybridized carbons (Fsp3) is 0.0286. The van der Waals surface area contributed by atoms with Crippen LogP contribution in [0.3, 0.4) is 0 Å². The van der Waals surface area contributed by atoms with Crippen molar-refractivity contribution in [2.24, 2.45) is 5.10 Å². The third-order valence-electron chi connectivity index (χ3n) is 14.2. The van der Waals surface area contributed by atoms with Gasteiger partial charge in [-0.2, -0.15) is 10.2 Å². The number of pyridine rings is 2. The van der Waals surface area contributed by atoms with Crippen LogP contribution in [-0.4, -0.2) is 25.5 Å². The zero-order valence-electron chi connectivity index (χ0n) is 41.6. The lowest BCUT2D eigenvalue weighted by Crippen LogP contribution is -2.25. The minimum Gasteiger partial charge on any atom is -0.239 e. The van der Waals surface area contributed by atoms with Crippen LogP contribution in [0.15, 0.2) is 296 Å². The highest BCUT2D eigenvalue weighted by Gasteiger charge is 2.41. The molecule has 0 fully saturated rings. The monoisotopic (exact) mass is 974 g/mol. The van der Waals surface area contributed by atoms with Gasteiger partial charge >= 0.3 is 0 Å². The predicted molar refractivity (Wildman–Crippen MR) is 311 cm³/mol. The molecule has 1 aliphatic rings. The van der Waals surface area contributed by atoms with Gasteiger partial charge in [-0.25, -0.2) is 19.7 Å². The molecule has 0 spiro atoms. The molecule has 6 heteroatoms. The lowest BCUT2D eigenvalue weighted by molar-refractivity contribution is 0.641. The summed E-state index contributed by atoms with van der Waals surface area (Å²) in [6.07, 6.45) is 0. The van der Waals surface area contributed by atoms with Gasteiger partial charge in [-0.3, -0.25) is 0 Å². The largest absolute Gasteiger partial charge is 0.239 e. The number of hydrogen-bond donors (Lipinski definition) is 0. The molecule has 0 N–H and O–H groups in total. The highest BCUT2D eigenvalue weighted by atomic mass is 15.5. The van der Waals surface area contributed by atoms with Crippen molar-refractivity contribution >= 4 is 11.5 Å². The zero-order chi connectivity index (χ0) is 50.6. The summed E-state index contributed by atoms with van der Waals surface area (Å²) in [6, 6.07) is 102. The van der Waals surface area contributed by atoms with E-state index in [2.05, 4.69) is 278 Å². The normalized spacial score (nSPS) is 14.1. The molecule has 0 amide bonds. The smallest absolute Gasteiger partial charge is 0.155 e. The van der Waals surface area contributed by atoms with Crippen molar-refractivity contribution in [1.29, 1.82) is 0 Å². The van der Waals surface area contributed by atoms with Crippen LogP contribution in [0, 0.1) is 0 Å². The number of aromatic nitrogens is 4. The molecule has 360 valence electrons. The molecule has 0 radical (unpaired) electrons. The van der Waals surface area contributed by atoms with Crippen LogP contribution in [0.25, 0.3) is 84.2 Å². The Kier molecular flexibility index (Phi) is 12.3. The SMILES string of the molecule is c1ccc(C2=NN(c3cc(-c4cccc(-c5cc(-c6ccccc6)nc(-n6nc(-c7ccccc7)c(-c7ccccc7)c6-c6ccccc6)c5)c4)cc(-c4ccccc4)n3)C(c3ccccc3)C2c2ccccc2)cc1. The van der Waals surface area contributed by atoms with E-state index in [1.54, 1.807) is 0 Å². The van der Waals surface area contributed by atoms with E-state index in [1.165, 1.54) is 5.56 Å². The van der Waals surface area contributed by atoms with Crippen molar-refractivity contribution in [3.05, 3.63) is 308 Å². The van der Waals surface area contributed by atoms with E-state index >= 15 is 0 Å². The Morgan fingerprint density at radius 2 is 0.711 bits per heavy atom. The summed E-state index contributed by atoms with van der Waals surface area (Å²) < 4.78 is 2.05. The first-order valence-electron chi connectivity index (χ1n) is 25.8. The summed E-state index contributed by atoms with van der Waals surface area (Å²) in [5, 5.41) is 13.3. The highest BCUT2D eigenvalue weighted by Crippen LogP contribution is 2.47. The fourth-order valence-electron chi connectivity index (χ4n) is 10.7. The summed E-state index contributed by atoms with van der Waals surface area (Å²) in [5.41, 5.74) is 18.3. The number of hydrazone groups is 1. The molecular formula is C70H50N6. The molecule has 12 aromatic rings. The lowest BCUT2D eigenvalue weighted by Gasteiger charge is -2.29. The molecule has 0 saturated carbocycles. The van der Waals surface area contributed by atoms with Gasteiger partial charge in [-0.05, 0) is 74.8 Å². The summed E-state index contributed by atoms with van der Waals surface area (Å²) in [4.78, 5) is 11.0. The Morgan fingerprint density at radius 1 is 0.303 bits per heavy atom. The molecule has 0 saturated heterocycles. The van der Waals surface area contributed by atoms with Gasteiger partial charge in [0.1, 0.15) is 5.69 Å². The van der Waals surface area contributed by atoms with E-state index in [0.29, 0.717) is 5.82 Å². The molecule has 1 aliphatic heterocycles. The fourth-order valence-corrected chi connectivity index (χ4v) is 10.7. The molecule has 2 unspecified atom stereocenters. The van der Waals surface area contributed by atoms with E-state index in [1.807, 2.05) is 22.9 Å². The minimum atomic E-state index is -0.184. The Bertz CT molecular complexity index is 3960. The van der Waals surface area contributed by atoms with E-state index in [0.717, 1.165) is 101 Å². The Hall–Kier alpha value is -10.0. The topological polar surface area (TPSA) is 59.2 Å². The van der Waals surface area contributed by atoms with Crippen molar-refractivity contribution in [2.45, 2.75) is 12.0 Å². The van der Waals surface area contributed by atoms with Crippen molar-refractivity contribution < 1.29 is 0 Å². The van der Waals surface area contributed by atoms with Crippen LogP contribution < -0.4 is 5.01 Å². The molecule has 13 rings (SSSR count). The second kappa shape index (κ2) is 20.5. The quantitative estimate of drug-likeness (QED) is 0.122. The molecule has 3 aromatic heterocycles. The van der Waals surface area contributed by atoms with Gasteiger partial charge in [0.2, 0.25) is 0 Å². The van der Waals surface area contributed by atoms with Gasteiger partial charge in [-0.1, -0.05) is 261 Å². The van der Waals surface area contributed by atoms with Crippen LogP contribution in [0.4, 0.5) is 5.82 Å². The number of nitrogens with zero attached hydrogens (tertiary/aromatic N) is 6. The molecular weight excluding hydrogens is 925 g/mol. The van der Waals surface area contributed by atoms with Crippen LogP contribution in [0.5, 0.6) is 0 Å².